The summed E-state index contributed by atoms with van der Waals surface area (Å²) in [6.07, 6.45) is 6.32. The van der Waals surface area contributed by atoms with Crippen molar-refractivity contribution in [3.8, 4) is 0 Å². The molecule has 1 aromatic heterocycles. The van der Waals surface area contributed by atoms with Gasteiger partial charge in [0, 0.05) is 45.2 Å². The molecular formula is C19H25N3O4. The van der Waals surface area contributed by atoms with Crippen LogP contribution in [0.5, 0.6) is 0 Å². The van der Waals surface area contributed by atoms with Crippen molar-refractivity contribution in [1.29, 1.82) is 0 Å². The van der Waals surface area contributed by atoms with Gasteiger partial charge in [-0.2, -0.15) is 0 Å². The van der Waals surface area contributed by atoms with Crippen molar-refractivity contribution in [2.75, 3.05) is 32.7 Å². The molecule has 0 aromatic carbocycles. The Labute approximate surface area is 152 Å². The van der Waals surface area contributed by atoms with Crippen LogP contribution in [0.25, 0.3) is 0 Å². The topological polar surface area (TPSA) is 74.1 Å². The van der Waals surface area contributed by atoms with E-state index in [1.165, 1.54) is 19.1 Å². The highest BCUT2D eigenvalue weighted by molar-refractivity contribution is 5.92. The Morgan fingerprint density at radius 3 is 2.38 bits per heavy atom. The van der Waals surface area contributed by atoms with Gasteiger partial charge in [0.15, 0.2) is 5.76 Å². The lowest BCUT2D eigenvalue weighted by Gasteiger charge is -2.35. The molecule has 1 aliphatic carbocycles. The standard InChI is InChI=1S/C19H25N3O4/c23-17-12-14(13-22(17)15-4-1-2-5-15)18(24)20-7-9-21(10-8-20)19(25)16-6-3-11-26-16/h3,6,11,14-15H,1-2,4-5,7-10,12-13H2/t14-/m1/s1. The van der Waals surface area contributed by atoms with Crippen molar-refractivity contribution in [2.45, 2.75) is 38.1 Å². The highest BCUT2D eigenvalue weighted by Gasteiger charge is 2.40. The van der Waals surface area contributed by atoms with Gasteiger partial charge in [-0.15, -0.1) is 0 Å². The predicted molar refractivity (Wildman–Crippen MR) is 93.3 cm³/mol. The number of amides is 3. The molecule has 2 saturated heterocycles. The van der Waals surface area contributed by atoms with E-state index in [4.69, 9.17) is 4.42 Å². The van der Waals surface area contributed by atoms with E-state index < -0.39 is 0 Å². The summed E-state index contributed by atoms with van der Waals surface area (Å²) in [6, 6.07) is 3.69. The van der Waals surface area contributed by atoms with Crippen molar-refractivity contribution in [3.05, 3.63) is 24.2 Å². The third kappa shape index (κ3) is 3.22. The van der Waals surface area contributed by atoms with E-state index in [1.54, 1.807) is 17.0 Å². The molecule has 2 aliphatic heterocycles. The first-order valence-electron chi connectivity index (χ1n) is 9.54. The molecule has 1 saturated carbocycles. The molecule has 7 heteroatoms. The van der Waals surface area contributed by atoms with E-state index in [-0.39, 0.29) is 23.6 Å². The van der Waals surface area contributed by atoms with Gasteiger partial charge >= 0.3 is 0 Å². The second-order valence-electron chi connectivity index (χ2n) is 7.48. The van der Waals surface area contributed by atoms with Crippen LogP contribution in [0.3, 0.4) is 0 Å². The second kappa shape index (κ2) is 7.13. The maximum absolute atomic E-state index is 12.8. The molecule has 26 heavy (non-hydrogen) atoms. The molecule has 140 valence electrons. The van der Waals surface area contributed by atoms with Crippen molar-refractivity contribution in [3.63, 3.8) is 0 Å². The Morgan fingerprint density at radius 1 is 1.04 bits per heavy atom. The number of nitrogens with zero attached hydrogens (tertiary/aromatic N) is 3. The van der Waals surface area contributed by atoms with Crippen molar-refractivity contribution >= 4 is 17.7 Å². The molecule has 3 heterocycles. The van der Waals surface area contributed by atoms with Crippen LogP contribution >= 0.6 is 0 Å². The van der Waals surface area contributed by atoms with Crippen LogP contribution < -0.4 is 0 Å². The number of carbonyl (C=O) groups excluding carboxylic acids is 3. The van der Waals surface area contributed by atoms with E-state index in [1.807, 2.05) is 9.80 Å². The minimum absolute atomic E-state index is 0.0592. The first-order valence-corrected chi connectivity index (χ1v) is 9.54. The first-order chi connectivity index (χ1) is 12.6. The molecule has 4 rings (SSSR count). The molecule has 3 aliphatic rings. The Morgan fingerprint density at radius 2 is 1.73 bits per heavy atom. The number of carbonyl (C=O) groups is 3. The van der Waals surface area contributed by atoms with Gasteiger partial charge in [0.05, 0.1) is 12.2 Å². The number of rotatable bonds is 3. The van der Waals surface area contributed by atoms with E-state index in [0.717, 1.165) is 12.8 Å². The molecule has 1 atom stereocenters. The van der Waals surface area contributed by atoms with Crippen LogP contribution in [0.15, 0.2) is 22.8 Å². The van der Waals surface area contributed by atoms with Gasteiger partial charge < -0.3 is 19.1 Å². The highest BCUT2D eigenvalue weighted by Crippen LogP contribution is 2.30. The Balaban J connectivity index is 1.31. The summed E-state index contributed by atoms with van der Waals surface area (Å²) in [6.45, 7) is 2.59. The molecule has 0 spiro atoms. The normalized spacial score (nSPS) is 24.5. The summed E-state index contributed by atoms with van der Waals surface area (Å²) in [4.78, 5) is 42.9. The van der Waals surface area contributed by atoms with Crippen LogP contribution in [0, 0.1) is 5.92 Å². The zero-order chi connectivity index (χ0) is 18.1. The molecule has 1 aromatic rings. The maximum atomic E-state index is 12.8. The predicted octanol–water partition coefficient (Wildman–Crippen LogP) is 1.36. The summed E-state index contributed by atoms with van der Waals surface area (Å²) >= 11 is 0. The first kappa shape index (κ1) is 17.1. The monoisotopic (exact) mass is 359 g/mol. The van der Waals surface area contributed by atoms with E-state index >= 15 is 0 Å². The molecule has 0 unspecified atom stereocenters. The van der Waals surface area contributed by atoms with Gasteiger partial charge in [-0.25, -0.2) is 0 Å². The van der Waals surface area contributed by atoms with Crippen LogP contribution in [0.2, 0.25) is 0 Å². The fourth-order valence-corrected chi connectivity index (χ4v) is 4.41. The maximum Gasteiger partial charge on any atom is 0.289 e. The quantitative estimate of drug-likeness (QED) is 0.817. The lowest BCUT2D eigenvalue weighted by atomic mass is 10.1. The molecule has 0 radical (unpaired) electrons. The summed E-state index contributed by atoms with van der Waals surface area (Å²) in [5, 5.41) is 0. The molecule has 7 nitrogen and oxygen atoms in total. The minimum Gasteiger partial charge on any atom is -0.459 e. The largest absolute Gasteiger partial charge is 0.459 e. The van der Waals surface area contributed by atoms with Gasteiger partial charge in [-0.1, -0.05) is 12.8 Å². The Kier molecular flexibility index (Phi) is 4.70. The average Bonchev–Trinajstić information content (AvgIpc) is 3.41. The second-order valence-corrected chi connectivity index (χ2v) is 7.48. The van der Waals surface area contributed by atoms with E-state index in [2.05, 4.69) is 0 Å². The van der Waals surface area contributed by atoms with Crippen molar-refractivity contribution in [1.82, 2.24) is 14.7 Å². The average molecular weight is 359 g/mol. The number of hydrogen-bond donors (Lipinski definition) is 0. The van der Waals surface area contributed by atoms with Gasteiger partial charge in [0.2, 0.25) is 11.8 Å². The third-order valence-electron chi connectivity index (χ3n) is 5.88. The zero-order valence-corrected chi connectivity index (χ0v) is 14.9. The SMILES string of the molecule is O=C(c1ccco1)N1CCN(C(=O)[C@@H]2CC(=O)N(C3CCCC3)C2)CC1. The fraction of sp³-hybridized carbons (Fsp3) is 0.632. The van der Waals surface area contributed by atoms with Crippen molar-refractivity contribution < 1.29 is 18.8 Å². The molecule has 0 N–H and O–H groups in total. The van der Waals surface area contributed by atoms with Gasteiger partial charge in [-0.3, -0.25) is 14.4 Å². The molecule has 3 amide bonds. The minimum atomic E-state index is -0.226. The summed E-state index contributed by atoms with van der Waals surface area (Å²) in [5.74, 6) is 0.158. The Hall–Kier alpha value is -2.31. The van der Waals surface area contributed by atoms with Crippen LogP contribution in [0.1, 0.15) is 42.7 Å². The molecular weight excluding hydrogens is 334 g/mol. The smallest absolute Gasteiger partial charge is 0.289 e. The van der Waals surface area contributed by atoms with Gasteiger partial charge in [0.1, 0.15) is 0 Å². The number of piperazine rings is 1. The van der Waals surface area contributed by atoms with Crippen LogP contribution in [-0.4, -0.2) is 71.2 Å². The summed E-state index contributed by atoms with van der Waals surface area (Å²) in [7, 11) is 0. The fourth-order valence-electron chi connectivity index (χ4n) is 4.41. The lowest BCUT2D eigenvalue weighted by molar-refractivity contribution is -0.137. The number of hydrogen-bond acceptors (Lipinski definition) is 4. The van der Waals surface area contributed by atoms with E-state index in [9.17, 15) is 14.4 Å². The zero-order valence-electron chi connectivity index (χ0n) is 14.9. The lowest BCUT2D eigenvalue weighted by Crippen LogP contribution is -2.52. The van der Waals surface area contributed by atoms with Crippen LogP contribution in [0.4, 0.5) is 0 Å². The third-order valence-corrected chi connectivity index (χ3v) is 5.88. The summed E-state index contributed by atoms with van der Waals surface area (Å²) < 4.78 is 5.16. The molecule has 0 bridgehead atoms. The number of furan rings is 1. The van der Waals surface area contributed by atoms with Crippen LogP contribution in [-0.2, 0) is 9.59 Å². The number of likely N-dealkylation sites (tertiary alicyclic amines) is 1. The van der Waals surface area contributed by atoms with Crippen molar-refractivity contribution in [2.24, 2.45) is 5.92 Å². The highest BCUT2D eigenvalue weighted by atomic mass is 16.3. The van der Waals surface area contributed by atoms with E-state index in [0.29, 0.717) is 50.9 Å². The summed E-state index contributed by atoms with van der Waals surface area (Å²) in [5.41, 5.74) is 0. The van der Waals surface area contributed by atoms with Gasteiger partial charge in [-0.05, 0) is 25.0 Å². The Bertz CT molecular complexity index is 673. The van der Waals surface area contributed by atoms with Gasteiger partial charge in [0.25, 0.3) is 5.91 Å². The molecule has 3 fully saturated rings.